The van der Waals surface area contributed by atoms with Gasteiger partial charge in [0.2, 0.25) is 0 Å². The minimum Gasteiger partial charge on any atom is -0.480 e. The Bertz CT molecular complexity index is 1840. The second-order valence-electron chi connectivity index (χ2n) is 11.8. The van der Waals surface area contributed by atoms with Crippen LogP contribution in [0.3, 0.4) is 0 Å². The number of carboxylic acid groups (broad SMARTS) is 2. The van der Waals surface area contributed by atoms with E-state index in [0.717, 1.165) is 5.56 Å². The summed E-state index contributed by atoms with van der Waals surface area (Å²) >= 11 is 0. The molecule has 0 bridgehead atoms. The summed E-state index contributed by atoms with van der Waals surface area (Å²) in [5, 5.41) is 20.5. The average molecular weight is 711 g/mol. The van der Waals surface area contributed by atoms with E-state index in [4.69, 9.17) is 18.9 Å². The molecule has 0 spiro atoms. The summed E-state index contributed by atoms with van der Waals surface area (Å²) < 4.78 is 19.7. The lowest BCUT2D eigenvalue weighted by molar-refractivity contribution is -0.158. The molecule has 270 valence electrons. The predicted molar refractivity (Wildman–Crippen MR) is 185 cm³/mol. The predicted octanol–water partition coefficient (Wildman–Crippen LogP) is 7.66. The van der Waals surface area contributed by atoms with Gasteiger partial charge in [0.15, 0.2) is 5.41 Å². The van der Waals surface area contributed by atoms with Crippen LogP contribution in [0.5, 0.6) is 0 Å². The molecule has 0 amide bonds. The Balaban J connectivity index is 1.29. The van der Waals surface area contributed by atoms with Gasteiger partial charge in [0, 0.05) is 0 Å². The van der Waals surface area contributed by atoms with Gasteiger partial charge < -0.3 is 29.2 Å². The summed E-state index contributed by atoms with van der Waals surface area (Å²) in [5.41, 5.74) is -0.904. The molecule has 0 aliphatic carbocycles. The molecule has 12 nitrogen and oxygen atoms in total. The zero-order chi connectivity index (χ0) is 37.3. The number of rotatable bonds is 17. The fourth-order valence-corrected chi connectivity index (χ4v) is 5.63. The van der Waals surface area contributed by atoms with Crippen LogP contribution in [0.1, 0.15) is 81.5 Å². The molecule has 4 aromatic carbocycles. The Morgan fingerprint density at radius 1 is 0.500 bits per heavy atom. The third-order valence-corrected chi connectivity index (χ3v) is 8.32. The topological polar surface area (TPSA) is 180 Å². The quantitative estimate of drug-likeness (QED) is 0.0621. The second-order valence-corrected chi connectivity index (χ2v) is 11.8. The summed E-state index contributed by atoms with van der Waals surface area (Å²) in [6, 6.07) is 29.6. The summed E-state index contributed by atoms with van der Waals surface area (Å²) in [6.45, 7) is -0.215. The number of aryl methyl sites for hydroxylation is 1. The van der Waals surface area contributed by atoms with Gasteiger partial charge in [-0.3, -0.25) is 9.59 Å². The van der Waals surface area contributed by atoms with Crippen molar-refractivity contribution in [3.05, 3.63) is 143 Å². The van der Waals surface area contributed by atoms with E-state index in [1.54, 1.807) is 78.9 Å². The first-order valence-electron chi connectivity index (χ1n) is 16.6. The van der Waals surface area contributed by atoms with Gasteiger partial charge >= 0.3 is 36.2 Å². The number of benzene rings is 4. The van der Waals surface area contributed by atoms with E-state index in [2.05, 4.69) is 0 Å². The first-order chi connectivity index (χ1) is 25.1. The monoisotopic (exact) mass is 710 g/mol. The molecular weight excluding hydrogens is 672 g/mol. The molecular formula is C40H38O12. The van der Waals surface area contributed by atoms with Crippen LogP contribution in [-0.2, 0) is 53.6 Å². The average Bonchev–Trinajstić information content (AvgIpc) is 3.15. The van der Waals surface area contributed by atoms with Crippen LogP contribution in [-0.4, -0.2) is 46.4 Å². The van der Waals surface area contributed by atoms with Crippen molar-refractivity contribution in [1.29, 1.82) is 0 Å². The van der Waals surface area contributed by atoms with E-state index in [-0.39, 0.29) is 42.7 Å². The largest absolute Gasteiger partial charge is 0.516 e. The lowest BCUT2D eigenvalue weighted by Gasteiger charge is -2.27. The van der Waals surface area contributed by atoms with Crippen molar-refractivity contribution in [1.82, 2.24) is 0 Å². The van der Waals surface area contributed by atoms with Gasteiger partial charge in [0.05, 0.1) is 11.1 Å². The molecule has 0 atom stereocenters. The third-order valence-electron chi connectivity index (χ3n) is 8.32. The number of unbranched alkanes of at least 4 members (excludes halogenated alkanes) is 4. The van der Waals surface area contributed by atoms with E-state index in [9.17, 15) is 39.0 Å². The van der Waals surface area contributed by atoms with Crippen LogP contribution in [0.15, 0.2) is 109 Å². The number of hydrogen-bond acceptors (Lipinski definition) is 10. The number of hydrogen-bond donors (Lipinski definition) is 2. The molecule has 12 heteroatoms. The van der Waals surface area contributed by atoms with Crippen LogP contribution in [0.2, 0.25) is 0 Å². The molecule has 0 saturated heterocycles. The maximum Gasteiger partial charge on any atom is 0.516 e. The SMILES string of the molecule is O=C(OCc1ccccc1)OC(=O)c1ccccc1CCCCCCCC(C(=O)O)(C(=O)O)c1ccccc1C(=O)OC(=O)OCc1ccccc1. The molecule has 0 fully saturated rings. The van der Waals surface area contributed by atoms with E-state index in [1.807, 2.05) is 6.07 Å². The molecule has 0 heterocycles. The minimum absolute atomic E-state index is 0.0420. The summed E-state index contributed by atoms with van der Waals surface area (Å²) in [6.07, 6.45) is 0.309. The number of carbonyl (C=O) groups is 6. The first-order valence-corrected chi connectivity index (χ1v) is 16.6. The van der Waals surface area contributed by atoms with Crippen molar-refractivity contribution in [2.75, 3.05) is 0 Å². The zero-order valence-corrected chi connectivity index (χ0v) is 28.2. The standard InChI is InChI=1S/C40H38O12/c41-34(51-38(47)49-26-28-16-6-4-7-17-28)31-22-12-11-21-30(31)20-10-2-1-3-15-25-40(36(43)44,37(45)46)33-24-14-13-23-32(33)35(42)52-39(48)50-27-29-18-8-5-9-19-29/h4-9,11-14,16-19,21-24H,1-3,10,15,20,25-27H2,(H,43,44)(H,45,46). The van der Waals surface area contributed by atoms with Crippen molar-refractivity contribution >= 4 is 36.2 Å². The number of carboxylic acids is 2. The molecule has 4 rings (SSSR count). The Morgan fingerprint density at radius 3 is 1.50 bits per heavy atom. The summed E-state index contributed by atoms with van der Waals surface area (Å²) in [4.78, 5) is 75.3. The lowest BCUT2D eigenvalue weighted by Crippen LogP contribution is -2.45. The highest BCUT2D eigenvalue weighted by atomic mass is 16.7. The highest BCUT2D eigenvalue weighted by molar-refractivity contribution is 6.08. The van der Waals surface area contributed by atoms with Crippen molar-refractivity contribution in [2.24, 2.45) is 0 Å². The van der Waals surface area contributed by atoms with Gasteiger partial charge in [-0.05, 0) is 53.6 Å². The molecule has 0 radical (unpaired) electrons. The molecule has 0 aromatic heterocycles. The number of ether oxygens (including phenoxy) is 4. The molecule has 0 aliphatic rings. The van der Waals surface area contributed by atoms with Crippen LogP contribution in [0, 0.1) is 0 Å². The van der Waals surface area contributed by atoms with E-state index in [1.165, 1.54) is 24.3 Å². The maximum absolute atomic E-state index is 13.0. The van der Waals surface area contributed by atoms with Crippen LogP contribution in [0.25, 0.3) is 0 Å². The van der Waals surface area contributed by atoms with Gasteiger partial charge in [0.25, 0.3) is 0 Å². The summed E-state index contributed by atoms with van der Waals surface area (Å²) in [7, 11) is 0. The fourth-order valence-electron chi connectivity index (χ4n) is 5.63. The Hall–Kier alpha value is -6.30. The Morgan fingerprint density at radius 2 is 0.942 bits per heavy atom. The van der Waals surface area contributed by atoms with Crippen LogP contribution >= 0.6 is 0 Å². The molecule has 0 saturated carbocycles. The van der Waals surface area contributed by atoms with Gasteiger partial charge in [-0.1, -0.05) is 123 Å². The smallest absolute Gasteiger partial charge is 0.480 e. The van der Waals surface area contributed by atoms with E-state index in [0.29, 0.717) is 43.2 Å². The highest BCUT2D eigenvalue weighted by Gasteiger charge is 2.50. The van der Waals surface area contributed by atoms with Crippen LogP contribution < -0.4 is 0 Å². The highest BCUT2D eigenvalue weighted by Crippen LogP contribution is 2.34. The Labute approximate surface area is 299 Å². The van der Waals surface area contributed by atoms with Crippen molar-refractivity contribution in [2.45, 2.75) is 63.6 Å². The molecule has 0 unspecified atom stereocenters. The van der Waals surface area contributed by atoms with Crippen molar-refractivity contribution < 1.29 is 57.9 Å². The van der Waals surface area contributed by atoms with Crippen molar-refractivity contribution in [3.63, 3.8) is 0 Å². The molecule has 0 aliphatic heterocycles. The van der Waals surface area contributed by atoms with Crippen molar-refractivity contribution in [3.8, 4) is 0 Å². The van der Waals surface area contributed by atoms with Gasteiger partial charge in [-0.25, -0.2) is 19.2 Å². The minimum atomic E-state index is -2.49. The molecule has 52 heavy (non-hydrogen) atoms. The van der Waals surface area contributed by atoms with Gasteiger partial charge in [-0.15, -0.1) is 0 Å². The number of aliphatic carboxylic acids is 2. The van der Waals surface area contributed by atoms with Crippen LogP contribution in [0.4, 0.5) is 9.59 Å². The normalized spacial score (nSPS) is 10.8. The Kier molecular flexibility index (Phi) is 14.2. The fraction of sp³-hybridized carbons (Fsp3) is 0.250. The van der Waals surface area contributed by atoms with Gasteiger partial charge in [-0.2, -0.15) is 0 Å². The number of carbonyl (C=O) groups excluding carboxylic acids is 4. The second kappa shape index (κ2) is 19.2. The summed E-state index contributed by atoms with van der Waals surface area (Å²) in [5.74, 6) is -5.41. The van der Waals surface area contributed by atoms with E-state index >= 15 is 0 Å². The van der Waals surface area contributed by atoms with E-state index < -0.39 is 41.6 Å². The lowest BCUT2D eigenvalue weighted by atomic mass is 9.74. The molecule has 4 aromatic rings. The molecule has 2 N–H and O–H groups in total. The zero-order valence-electron chi connectivity index (χ0n) is 28.2. The van der Waals surface area contributed by atoms with Gasteiger partial charge in [0.1, 0.15) is 13.2 Å². The first kappa shape index (κ1) is 38.5. The number of esters is 2. The third kappa shape index (κ3) is 10.6. The maximum atomic E-state index is 13.0.